The van der Waals surface area contributed by atoms with Crippen LogP contribution in [0.3, 0.4) is 0 Å². The Morgan fingerprint density at radius 1 is 1.10 bits per heavy atom. The van der Waals surface area contributed by atoms with E-state index >= 15 is 0 Å². The molecule has 0 atom stereocenters. The molecule has 1 aromatic carbocycles. The van der Waals surface area contributed by atoms with E-state index in [1.165, 1.54) is 48.4 Å². The Bertz CT molecular complexity index is 565. The van der Waals surface area contributed by atoms with Crippen molar-refractivity contribution in [2.75, 3.05) is 6.54 Å². The number of benzene rings is 1. The van der Waals surface area contributed by atoms with Gasteiger partial charge in [-0.2, -0.15) is 0 Å². The van der Waals surface area contributed by atoms with Crippen molar-refractivity contribution in [3.63, 3.8) is 0 Å². The Hall–Kier alpha value is -1.41. The van der Waals surface area contributed by atoms with Gasteiger partial charge in [0.2, 0.25) is 0 Å². The number of hydrogen-bond donors (Lipinski definition) is 1. The molecule has 1 heterocycles. The number of nitrogens with zero attached hydrogens (tertiary/aromatic N) is 1. The van der Waals surface area contributed by atoms with E-state index in [-0.39, 0.29) is 0 Å². The fraction of sp³-hybridized carbons (Fsp3) is 0.526. The lowest BCUT2D eigenvalue weighted by molar-refractivity contribution is 0.275. The molecule has 0 saturated heterocycles. The van der Waals surface area contributed by atoms with E-state index in [4.69, 9.17) is 0 Å². The second-order valence-electron chi connectivity index (χ2n) is 6.61. The number of aromatic nitrogens is 1. The summed E-state index contributed by atoms with van der Waals surface area (Å²) in [6.07, 6.45) is 11.0. The van der Waals surface area contributed by atoms with E-state index in [2.05, 4.69) is 41.5 Å². The Kier molecular flexibility index (Phi) is 4.87. The summed E-state index contributed by atoms with van der Waals surface area (Å²) >= 11 is 0. The smallest absolute Gasteiger partial charge is 0.0346 e. The molecule has 1 aliphatic carbocycles. The van der Waals surface area contributed by atoms with Crippen LogP contribution in [0.1, 0.15) is 44.6 Å². The molecule has 0 radical (unpaired) electrons. The quantitative estimate of drug-likeness (QED) is 0.814. The molecule has 1 saturated carbocycles. The summed E-state index contributed by atoms with van der Waals surface area (Å²) in [5, 5.41) is 6.17. The third-order valence-electron chi connectivity index (χ3n) is 4.93. The van der Waals surface area contributed by atoms with E-state index in [0.717, 1.165) is 24.9 Å². The molecule has 1 N–H and O–H groups in total. The average Bonchev–Trinajstić information content (AvgIpc) is 2.53. The highest BCUT2D eigenvalue weighted by Crippen LogP contribution is 2.29. The van der Waals surface area contributed by atoms with E-state index in [1.54, 1.807) is 0 Å². The van der Waals surface area contributed by atoms with Crippen molar-refractivity contribution >= 4 is 10.8 Å². The van der Waals surface area contributed by atoms with Gasteiger partial charge < -0.3 is 5.32 Å². The summed E-state index contributed by atoms with van der Waals surface area (Å²) in [4.78, 5) is 4.35. The normalized spacial score (nSPS) is 22.5. The van der Waals surface area contributed by atoms with Gasteiger partial charge in [0, 0.05) is 24.3 Å². The molecular formula is C19H26N2. The maximum atomic E-state index is 4.35. The zero-order chi connectivity index (χ0) is 14.5. The average molecular weight is 282 g/mol. The monoisotopic (exact) mass is 282 g/mol. The van der Waals surface area contributed by atoms with Crippen molar-refractivity contribution in [1.29, 1.82) is 0 Å². The summed E-state index contributed by atoms with van der Waals surface area (Å²) in [7, 11) is 0. The molecule has 0 spiro atoms. The minimum Gasteiger partial charge on any atom is -0.313 e. The van der Waals surface area contributed by atoms with Crippen LogP contribution >= 0.6 is 0 Å². The molecule has 112 valence electrons. The minimum atomic E-state index is 0.928. The van der Waals surface area contributed by atoms with E-state index < -0.39 is 0 Å². The maximum absolute atomic E-state index is 4.35. The van der Waals surface area contributed by atoms with Crippen LogP contribution < -0.4 is 5.32 Å². The SMILES string of the molecule is CC1CCC(CCNCc2cncc3ccccc23)CC1. The molecule has 2 nitrogen and oxygen atoms in total. The van der Waals surface area contributed by atoms with Crippen LogP contribution in [0.2, 0.25) is 0 Å². The first-order chi connectivity index (χ1) is 10.3. The van der Waals surface area contributed by atoms with Gasteiger partial charge in [-0.3, -0.25) is 4.98 Å². The van der Waals surface area contributed by atoms with Crippen LogP contribution in [-0.4, -0.2) is 11.5 Å². The fourth-order valence-electron chi connectivity index (χ4n) is 3.47. The lowest BCUT2D eigenvalue weighted by atomic mass is 9.81. The first-order valence-corrected chi connectivity index (χ1v) is 8.35. The van der Waals surface area contributed by atoms with Gasteiger partial charge in [0.05, 0.1) is 0 Å². The summed E-state index contributed by atoms with van der Waals surface area (Å²) in [5.74, 6) is 1.90. The first kappa shape index (κ1) is 14.5. The molecule has 0 bridgehead atoms. The van der Waals surface area contributed by atoms with Crippen molar-refractivity contribution in [3.8, 4) is 0 Å². The zero-order valence-electron chi connectivity index (χ0n) is 13.0. The van der Waals surface area contributed by atoms with Crippen LogP contribution in [0, 0.1) is 11.8 Å². The van der Waals surface area contributed by atoms with E-state index in [1.807, 2.05) is 12.4 Å². The van der Waals surface area contributed by atoms with Gasteiger partial charge in [-0.25, -0.2) is 0 Å². The van der Waals surface area contributed by atoms with Crippen molar-refractivity contribution in [2.45, 2.75) is 45.6 Å². The Balaban J connectivity index is 1.48. The number of rotatable bonds is 5. The molecule has 1 aliphatic rings. The van der Waals surface area contributed by atoms with Crippen molar-refractivity contribution in [2.24, 2.45) is 11.8 Å². The van der Waals surface area contributed by atoms with E-state index in [9.17, 15) is 0 Å². The fourth-order valence-corrected chi connectivity index (χ4v) is 3.47. The van der Waals surface area contributed by atoms with Crippen LogP contribution in [0.25, 0.3) is 10.8 Å². The van der Waals surface area contributed by atoms with Gasteiger partial charge in [-0.05, 0) is 35.8 Å². The standard InChI is InChI=1S/C19H26N2/c1-15-6-8-16(9-7-15)10-11-20-13-18-14-21-12-17-4-2-3-5-19(17)18/h2-5,12,14-16,20H,6-11,13H2,1H3. The van der Waals surface area contributed by atoms with Crippen LogP contribution in [0.4, 0.5) is 0 Å². The lowest BCUT2D eigenvalue weighted by Gasteiger charge is -2.26. The number of pyridine rings is 1. The third-order valence-corrected chi connectivity index (χ3v) is 4.93. The molecule has 0 amide bonds. The number of hydrogen-bond acceptors (Lipinski definition) is 2. The van der Waals surface area contributed by atoms with Gasteiger partial charge in [0.1, 0.15) is 0 Å². The maximum Gasteiger partial charge on any atom is 0.0346 e. The summed E-state index contributed by atoms with van der Waals surface area (Å²) in [6.45, 7) is 4.45. The van der Waals surface area contributed by atoms with Crippen molar-refractivity contribution in [1.82, 2.24) is 10.3 Å². The number of fused-ring (bicyclic) bond motifs is 1. The molecular weight excluding hydrogens is 256 g/mol. The van der Waals surface area contributed by atoms with Gasteiger partial charge >= 0.3 is 0 Å². The summed E-state index contributed by atoms with van der Waals surface area (Å²) in [6, 6.07) is 8.51. The Morgan fingerprint density at radius 3 is 2.76 bits per heavy atom. The molecule has 1 fully saturated rings. The third kappa shape index (κ3) is 3.82. The highest BCUT2D eigenvalue weighted by atomic mass is 14.8. The van der Waals surface area contributed by atoms with Crippen LogP contribution in [-0.2, 0) is 6.54 Å². The molecule has 2 heteroatoms. The number of nitrogens with one attached hydrogen (secondary N) is 1. The highest BCUT2D eigenvalue weighted by molar-refractivity contribution is 5.84. The topological polar surface area (TPSA) is 24.9 Å². The zero-order valence-corrected chi connectivity index (χ0v) is 13.0. The molecule has 0 aliphatic heterocycles. The van der Waals surface area contributed by atoms with Gasteiger partial charge in [-0.15, -0.1) is 0 Å². The molecule has 21 heavy (non-hydrogen) atoms. The molecule has 3 rings (SSSR count). The summed E-state index contributed by atoms with van der Waals surface area (Å²) in [5.41, 5.74) is 1.31. The predicted molar refractivity (Wildman–Crippen MR) is 89.2 cm³/mol. The van der Waals surface area contributed by atoms with Crippen LogP contribution in [0.15, 0.2) is 36.7 Å². The van der Waals surface area contributed by atoms with Crippen LogP contribution in [0.5, 0.6) is 0 Å². The van der Waals surface area contributed by atoms with Gasteiger partial charge in [-0.1, -0.05) is 56.9 Å². The molecule has 2 aromatic rings. The van der Waals surface area contributed by atoms with Crippen molar-refractivity contribution in [3.05, 3.63) is 42.2 Å². The molecule has 0 unspecified atom stereocenters. The van der Waals surface area contributed by atoms with Gasteiger partial charge in [0.15, 0.2) is 0 Å². The molecule has 1 aromatic heterocycles. The lowest BCUT2D eigenvalue weighted by Crippen LogP contribution is -2.20. The first-order valence-electron chi connectivity index (χ1n) is 8.35. The second-order valence-corrected chi connectivity index (χ2v) is 6.61. The highest BCUT2D eigenvalue weighted by Gasteiger charge is 2.17. The Morgan fingerprint density at radius 2 is 1.90 bits per heavy atom. The summed E-state index contributed by atoms with van der Waals surface area (Å²) < 4.78 is 0. The second kappa shape index (κ2) is 7.04. The predicted octanol–water partition coefficient (Wildman–Crippen LogP) is 4.54. The minimum absolute atomic E-state index is 0.928. The van der Waals surface area contributed by atoms with E-state index in [0.29, 0.717) is 0 Å². The Labute approximate surface area is 128 Å². The van der Waals surface area contributed by atoms with Gasteiger partial charge in [0.25, 0.3) is 0 Å². The largest absolute Gasteiger partial charge is 0.313 e. The van der Waals surface area contributed by atoms with Crippen molar-refractivity contribution < 1.29 is 0 Å².